The van der Waals surface area contributed by atoms with Gasteiger partial charge in [-0.3, -0.25) is 4.79 Å². The molecule has 0 unspecified atom stereocenters. The molecule has 0 radical (unpaired) electrons. The third-order valence-corrected chi connectivity index (χ3v) is 3.34. The summed E-state index contributed by atoms with van der Waals surface area (Å²) in [5.74, 6) is -0.468. The van der Waals surface area contributed by atoms with Gasteiger partial charge in [0, 0.05) is 28.8 Å². The molecule has 0 bridgehead atoms. The summed E-state index contributed by atoms with van der Waals surface area (Å²) in [6.07, 6.45) is 1.62. The number of nitrogens with zero attached hydrogens (tertiary/aromatic N) is 1. The Bertz CT molecular complexity index is 536. The van der Waals surface area contributed by atoms with Crippen molar-refractivity contribution in [3.63, 3.8) is 0 Å². The van der Waals surface area contributed by atoms with E-state index in [9.17, 15) is 4.79 Å². The Morgan fingerprint density at radius 3 is 2.38 bits per heavy atom. The Hall–Kier alpha value is -1.34. The molecule has 0 saturated heterocycles. The highest BCUT2D eigenvalue weighted by Gasteiger charge is 2.13. The molecule has 5 N–H and O–H groups in total. The van der Waals surface area contributed by atoms with E-state index in [1.807, 2.05) is 19.9 Å². The van der Waals surface area contributed by atoms with Gasteiger partial charge in [0.05, 0.1) is 19.2 Å². The molecule has 0 saturated carbocycles. The van der Waals surface area contributed by atoms with E-state index < -0.39 is 5.91 Å². The van der Waals surface area contributed by atoms with Crippen molar-refractivity contribution < 1.29 is 28.6 Å². The molecule has 9 nitrogen and oxygen atoms in total. The van der Waals surface area contributed by atoms with Crippen LogP contribution >= 0.6 is 24.1 Å². The predicted molar refractivity (Wildman–Crippen MR) is 92.9 cm³/mol. The fraction of sp³-hybridized carbons (Fsp3) is 0.385. The monoisotopic (exact) mass is 379 g/mol. The molecule has 1 aromatic rings. The molecular formula is C13H21N3O6S2. The zero-order valence-corrected chi connectivity index (χ0v) is 15.3. The predicted octanol–water partition coefficient (Wildman–Crippen LogP) is 2.49. The van der Waals surface area contributed by atoms with Crippen molar-refractivity contribution in [3.8, 4) is 0 Å². The average Bonchev–Trinajstić information content (AvgIpc) is 2.53. The summed E-state index contributed by atoms with van der Waals surface area (Å²) >= 11 is 1.97. The van der Waals surface area contributed by atoms with E-state index in [0.29, 0.717) is 5.56 Å². The normalized spacial score (nSPS) is 10.1. The summed E-state index contributed by atoms with van der Waals surface area (Å²) in [5, 5.41) is 10.5. The number of amides is 1. The Morgan fingerprint density at radius 1 is 1.29 bits per heavy atom. The van der Waals surface area contributed by atoms with Crippen molar-refractivity contribution >= 4 is 36.0 Å². The Balaban J connectivity index is 0.000000922. The molecule has 0 aliphatic rings. The highest BCUT2D eigenvalue weighted by atomic mass is 32.2. The van der Waals surface area contributed by atoms with Crippen LogP contribution in [0.3, 0.4) is 0 Å². The molecule has 1 amide bonds. The van der Waals surface area contributed by atoms with Crippen LogP contribution in [0, 0.1) is 0 Å². The number of hydrogen-bond acceptors (Lipinski definition) is 8. The van der Waals surface area contributed by atoms with E-state index >= 15 is 0 Å². The van der Waals surface area contributed by atoms with Crippen LogP contribution in [0.2, 0.25) is 0 Å². The van der Waals surface area contributed by atoms with Crippen molar-refractivity contribution in [2.75, 3.05) is 13.4 Å². The number of aliphatic imine (C=N–C) groups is 1. The van der Waals surface area contributed by atoms with Crippen molar-refractivity contribution in [2.24, 2.45) is 16.5 Å². The maximum atomic E-state index is 11.7. The van der Waals surface area contributed by atoms with Crippen molar-refractivity contribution in [1.29, 1.82) is 0 Å². The second-order valence-corrected chi connectivity index (χ2v) is 5.59. The van der Waals surface area contributed by atoms with Crippen LogP contribution in [0.4, 0.5) is 0 Å². The standard InChI is InChI=1S/C12H17N3O3S.CH4O3S/c1-7(2)9-5-4-8(11(16)15-12(13)14)6-10(9)19-18-17-3;1-5-4-3-2/h4-7H,1-3H3,(H4,13,14,15,16);2H,1H3. The number of hydrogen-bond donors (Lipinski definition) is 3. The first-order chi connectivity index (χ1) is 11.4. The number of guanidine groups is 1. The van der Waals surface area contributed by atoms with Gasteiger partial charge in [-0.1, -0.05) is 25.0 Å². The summed E-state index contributed by atoms with van der Waals surface area (Å²) in [6.45, 7) is 4.09. The molecule has 0 atom stereocenters. The maximum absolute atomic E-state index is 11.7. The number of carbonyl (C=O) groups is 1. The number of benzene rings is 1. The molecule has 1 aromatic carbocycles. The van der Waals surface area contributed by atoms with Gasteiger partial charge in [-0.05, 0) is 23.6 Å². The molecular weight excluding hydrogens is 358 g/mol. The van der Waals surface area contributed by atoms with Crippen LogP contribution in [-0.4, -0.2) is 30.5 Å². The van der Waals surface area contributed by atoms with E-state index in [2.05, 4.69) is 19.3 Å². The zero-order chi connectivity index (χ0) is 18.5. The van der Waals surface area contributed by atoms with Crippen LogP contribution in [0.1, 0.15) is 35.7 Å². The molecule has 0 aliphatic heterocycles. The highest BCUT2D eigenvalue weighted by Crippen LogP contribution is 2.30. The van der Waals surface area contributed by atoms with E-state index in [0.717, 1.165) is 34.5 Å². The third kappa shape index (κ3) is 9.08. The fourth-order valence-corrected chi connectivity index (χ4v) is 2.28. The van der Waals surface area contributed by atoms with Crippen LogP contribution in [-0.2, 0) is 18.6 Å². The summed E-state index contributed by atoms with van der Waals surface area (Å²) < 4.78 is 8.65. The van der Waals surface area contributed by atoms with Crippen LogP contribution in [0.5, 0.6) is 0 Å². The van der Waals surface area contributed by atoms with Crippen molar-refractivity contribution in [3.05, 3.63) is 29.3 Å². The summed E-state index contributed by atoms with van der Waals surface area (Å²) in [7, 11) is 1.41. The molecule has 0 heterocycles. The molecule has 0 aromatic heterocycles. The summed E-state index contributed by atoms with van der Waals surface area (Å²) in [5.41, 5.74) is 11.8. The van der Waals surface area contributed by atoms with Gasteiger partial charge >= 0.3 is 0 Å². The van der Waals surface area contributed by atoms with Gasteiger partial charge in [0.2, 0.25) is 0 Å². The first kappa shape index (κ1) is 22.7. The number of nitrogens with two attached hydrogens (primary N) is 2. The zero-order valence-electron chi connectivity index (χ0n) is 13.7. The molecule has 0 spiro atoms. The summed E-state index contributed by atoms with van der Waals surface area (Å²) in [6, 6.07) is 5.20. The molecule has 0 fully saturated rings. The lowest BCUT2D eigenvalue weighted by Gasteiger charge is -2.11. The lowest BCUT2D eigenvalue weighted by molar-refractivity contribution is -0.432. The van der Waals surface area contributed by atoms with Crippen LogP contribution in [0.25, 0.3) is 0 Å². The lowest BCUT2D eigenvalue weighted by atomic mass is 10.0. The fourth-order valence-electron chi connectivity index (χ4n) is 1.50. The van der Waals surface area contributed by atoms with Gasteiger partial charge in [-0.15, -0.1) is 4.33 Å². The molecule has 24 heavy (non-hydrogen) atoms. The number of carbonyl (C=O) groups excluding carboxylic acids is 1. The van der Waals surface area contributed by atoms with Gasteiger partial charge in [0.1, 0.15) is 0 Å². The van der Waals surface area contributed by atoms with Gasteiger partial charge in [-0.25, -0.2) is 10.1 Å². The lowest BCUT2D eigenvalue weighted by Crippen LogP contribution is -2.24. The molecule has 11 heteroatoms. The van der Waals surface area contributed by atoms with Gasteiger partial charge < -0.3 is 11.5 Å². The van der Waals surface area contributed by atoms with Crippen LogP contribution < -0.4 is 11.5 Å². The molecule has 1 rings (SSSR count). The molecule has 0 aliphatic carbocycles. The number of rotatable bonds is 7. The Kier molecular flexibility index (Phi) is 12.3. The minimum atomic E-state index is -0.491. The SMILES string of the molecule is COOSc1cc(C(=O)N=C(N)N)ccc1C(C)C.CSOOO. The Labute approximate surface area is 148 Å². The Morgan fingerprint density at radius 2 is 1.96 bits per heavy atom. The minimum absolute atomic E-state index is 0.264. The smallest absolute Gasteiger partial charge is 0.280 e. The first-order valence-electron chi connectivity index (χ1n) is 6.53. The van der Waals surface area contributed by atoms with Gasteiger partial charge in [0.25, 0.3) is 5.91 Å². The quantitative estimate of drug-likeness (QED) is 0.213. The average molecular weight is 379 g/mol. The van der Waals surface area contributed by atoms with E-state index in [1.54, 1.807) is 18.4 Å². The van der Waals surface area contributed by atoms with Gasteiger partial charge in [-0.2, -0.15) is 9.33 Å². The largest absolute Gasteiger partial charge is 0.370 e. The van der Waals surface area contributed by atoms with E-state index in [4.69, 9.17) is 21.1 Å². The summed E-state index contributed by atoms with van der Waals surface area (Å²) in [4.78, 5) is 20.6. The van der Waals surface area contributed by atoms with Crippen molar-refractivity contribution in [1.82, 2.24) is 0 Å². The van der Waals surface area contributed by atoms with E-state index in [-0.39, 0.29) is 11.9 Å². The first-order valence-corrected chi connectivity index (χ1v) is 8.42. The second-order valence-electron chi connectivity index (χ2n) is 4.38. The van der Waals surface area contributed by atoms with E-state index in [1.165, 1.54) is 7.11 Å². The highest BCUT2D eigenvalue weighted by molar-refractivity contribution is 7.94. The third-order valence-electron chi connectivity index (χ3n) is 2.40. The van der Waals surface area contributed by atoms with Gasteiger partial charge in [0.15, 0.2) is 5.96 Å². The van der Waals surface area contributed by atoms with Crippen molar-refractivity contribution in [2.45, 2.75) is 24.7 Å². The van der Waals surface area contributed by atoms with Crippen LogP contribution in [0.15, 0.2) is 28.1 Å². The minimum Gasteiger partial charge on any atom is -0.370 e. The maximum Gasteiger partial charge on any atom is 0.280 e. The molecule has 136 valence electrons. The second kappa shape index (κ2) is 13.0. The topological polar surface area (TPSA) is 139 Å².